The topological polar surface area (TPSA) is 99.0 Å². The Kier molecular flexibility index (Phi) is 5.13. The Bertz CT molecular complexity index is 1220. The van der Waals surface area contributed by atoms with Crippen molar-refractivity contribution in [3.8, 4) is 0 Å². The highest BCUT2D eigenvalue weighted by atomic mass is 32.2. The van der Waals surface area contributed by atoms with Crippen molar-refractivity contribution in [1.82, 2.24) is 19.7 Å². The molecule has 0 saturated heterocycles. The molecule has 9 heteroatoms. The van der Waals surface area contributed by atoms with Crippen LogP contribution in [0.5, 0.6) is 0 Å². The van der Waals surface area contributed by atoms with Gasteiger partial charge in [-0.05, 0) is 30.3 Å². The first-order chi connectivity index (χ1) is 14.1. The maximum atomic E-state index is 12.2. The highest BCUT2D eigenvalue weighted by molar-refractivity contribution is 7.99. The van der Waals surface area contributed by atoms with E-state index in [0.717, 1.165) is 22.1 Å². The molecule has 1 amide bonds. The number of hydrogen-bond donors (Lipinski definition) is 1. The Balaban J connectivity index is 1.44. The van der Waals surface area contributed by atoms with E-state index in [9.17, 15) is 9.59 Å². The summed E-state index contributed by atoms with van der Waals surface area (Å²) in [5.74, 6) is -0.496. The summed E-state index contributed by atoms with van der Waals surface area (Å²) in [6, 6.07) is 14.4. The number of methoxy groups -OCH3 is 1. The van der Waals surface area contributed by atoms with E-state index in [1.54, 1.807) is 24.3 Å². The number of para-hydroxylation sites is 1. The van der Waals surface area contributed by atoms with Crippen LogP contribution in [-0.2, 0) is 16.6 Å². The van der Waals surface area contributed by atoms with Crippen LogP contribution in [0, 0.1) is 0 Å². The van der Waals surface area contributed by atoms with Crippen molar-refractivity contribution in [3.63, 3.8) is 0 Å². The summed E-state index contributed by atoms with van der Waals surface area (Å²) in [5, 5.41) is 12.6. The third-order valence-corrected chi connectivity index (χ3v) is 5.25. The van der Waals surface area contributed by atoms with E-state index in [1.165, 1.54) is 18.9 Å². The average molecular weight is 407 g/mol. The number of carbonyl (C=O) groups is 2. The fourth-order valence-electron chi connectivity index (χ4n) is 2.99. The summed E-state index contributed by atoms with van der Waals surface area (Å²) in [6.45, 7) is 0. The van der Waals surface area contributed by atoms with E-state index >= 15 is 0 Å². The van der Waals surface area contributed by atoms with Gasteiger partial charge in [0.25, 0.3) is 0 Å². The molecule has 2 heterocycles. The quantitative estimate of drug-likeness (QED) is 0.401. The molecule has 0 radical (unpaired) electrons. The predicted molar refractivity (Wildman–Crippen MR) is 111 cm³/mol. The Morgan fingerprint density at radius 1 is 1.10 bits per heavy atom. The van der Waals surface area contributed by atoms with E-state index in [2.05, 4.69) is 25.2 Å². The molecular weight excluding hydrogens is 390 g/mol. The molecule has 0 bridgehead atoms. The number of hydrogen-bond acceptors (Lipinski definition) is 7. The number of ether oxygens (including phenoxy) is 1. The zero-order valence-electron chi connectivity index (χ0n) is 15.7. The van der Waals surface area contributed by atoms with Gasteiger partial charge in [-0.2, -0.15) is 0 Å². The van der Waals surface area contributed by atoms with Gasteiger partial charge in [-0.25, -0.2) is 9.78 Å². The second kappa shape index (κ2) is 7.88. The van der Waals surface area contributed by atoms with Gasteiger partial charge < -0.3 is 14.6 Å². The van der Waals surface area contributed by atoms with Gasteiger partial charge in [0.2, 0.25) is 11.1 Å². The van der Waals surface area contributed by atoms with Crippen LogP contribution < -0.4 is 5.32 Å². The number of nitrogens with zero attached hydrogens (tertiary/aromatic N) is 4. The van der Waals surface area contributed by atoms with Crippen LogP contribution in [-0.4, -0.2) is 44.5 Å². The number of amides is 1. The summed E-state index contributed by atoms with van der Waals surface area (Å²) in [7, 11) is 3.25. The first kappa shape index (κ1) is 18.9. The number of carbonyl (C=O) groups excluding carboxylic acids is 2. The number of fused-ring (bicyclic) bond motifs is 3. The van der Waals surface area contributed by atoms with E-state index in [-0.39, 0.29) is 11.7 Å². The fraction of sp³-hybridized carbons (Fsp3) is 0.150. The fourth-order valence-corrected chi connectivity index (χ4v) is 3.57. The second-order valence-electron chi connectivity index (χ2n) is 6.25. The SMILES string of the molecule is COC(=O)c1ccc(NC(=O)CSc2nnc3c4ccccc4n(C)c3n2)cc1. The molecule has 0 aliphatic heterocycles. The highest BCUT2D eigenvalue weighted by Gasteiger charge is 2.13. The van der Waals surface area contributed by atoms with Crippen molar-refractivity contribution in [1.29, 1.82) is 0 Å². The number of esters is 1. The first-order valence-electron chi connectivity index (χ1n) is 8.75. The van der Waals surface area contributed by atoms with Crippen molar-refractivity contribution in [3.05, 3.63) is 54.1 Å². The molecule has 0 aliphatic rings. The Hall–Kier alpha value is -3.46. The molecular formula is C20H17N5O3S. The number of anilines is 1. The van der Waals surface area contributed by atoms with E-state index < -0.39 is 5.97 Å². The van der Waals surface area contributed by atoms with Crippen molar-refractivity contribution in [2.24, 2.45) is 7.05 Å². The van der Waals surface area contributed by atoms with E-state index in [4.69, 9.17) is 0 Å². The lowest BCUT2D eigenvalue weighted by atomic mass is 10.2. The summed E-state index contributed by atoms with van der Waals surface area (Å²) >= 11 is 1.21. The molecule has 4 aromatic rings. The average Bonchev–Trinajstić information content (AvgIpc) is 3.04. The molecule has 8 nitrogen and oxygen atoms in total. The largest absolute Gasteiger partial charge is 0.465 e. The van der Waals surface area contributed by atoms with Crippen LogP contribution in [0.4, 0.5) is 5.69 Å². The van der Waals surface area contributed by atoms with Gasteiger partial charge in [0.1, 0.15) is 5.52 Å². The summed E-state index contributed by atoms with van der Waals surface area (Å²) < 4.78 is 6.62. The zero-order valence-corrected chi connectivity index (χ0v) is 16.6. The third-order valence-electron chi connectivity index (χ3n) is 4.41. The third kappa shape index (κ3) is 3.77. The van der Waals surface area contributed by atoms with Crippen molar-refractivity contribution in [2.45, 2.75) is 5.16 Å². The van der Waals surface area contributed by atoms with Gasteiger partial charge in [0.15, 0.2) is 5.65 Å². The van der Waals surface area contributed by atoms with Crippen LogP contribution in [0.2, 0.25) is 0 Å². The lowest BCUT2D eigenvalue weighted by Gasteiger charge is -2.05. The summed E-state index contributed by atoms with van der Waals surface area (Å²) in [4.78, 5) is 28.2. The first-order valence-corrected chi connectivity index (χ1v) is 9.74. The van der Waals surface area contributed by atoms with Crippen molar-refractivity contribution < 1.29 is 14.3 Å². The molecule has 0 unspecified atom stereocenters. The Morgan fingerprint density at radius 2 is 1.86 bits per heavy atom. The number of rotatable bonds is 5. The highest BCUT2D eigenvalue weighted by Crippen LogP contribution is 2.25. The molecule has 0 atom stereocenters. The van der Waals surface area contributed by atoms with Crippen LogP contribution in [0.15, 0.2) is 53.7 Å². The maximum absolute atomic E-state index is 12.2. The molecule has 146 valence electrons. The van der Waals surface area contributed by atoms with Gasteiger partial charge in [0.05, 0.1) is 23.9 Å². The standard InChI is InChI=1S/C20H17N5O3S/c1-25-15-6-4-3-5-14(15)17-18(25)22-20(24-23-17)29-11-16(26)21-13-9-7-12(8-10-13)19(27)28-2/h3-10H,11H2,1-2H3,(H,21,26). The van der Waals surface area contributed by atoms with Gasteiger partial charge in [0, 0.05) is 18.1 Å². The van der Waals surface area contributed by atoms with Crippen LogP contribution in [0.3, 0.4) is 0 Å². The minimum Gasteiger partial charge on any atom is -0.465 e. The van der Waals surface area contributed by atoms with Gasteiger partial charge in [-0.1, -0.05) is 30.0 Å². The number of aromatic nitrogens is 4. The Morgan fingerprint density at radius 3 is 2.62 bits per heavy atom. The normalized spacial score (nSPS) is 11.0. The van der Waals surface area contributed by atoms with E-state index in [0.29, 0.717) is 16.4 Å². The lowest BCUT2D eigenvalue weighted by molar-refractivity contribution is -0.113. The monoisotopic (exact) mass is 407 g/mol. The molecule has 1 N–H and O–H groups in total. The second-order valence-corrected chi connectivity index (χ2v) is 7.19. The van der Waals surface area contributed by atoms with Gasteiger partial charge in [-0.15, -0.1) is 10.2 Å². The van der Waals surface area contributed by atoms with Crippen molar-refractivity contribution in [2.75, 3.05) is 18.2 Å². The molecule has 0 spiro atoms. The van der Waals surface area contributed by atoms with E-state index in [1.807, 2.05) is 35.9 Å². The van der Waals surface area contributed by atoms with Gasteiger partial charge >= 0.3 is 5.97 Å². The van der Waals surface area contributed by atoms with Gasteiger partial charge in [-0.3, -0.25) is 4.79 Å². The number of benzene rings is 2. The predicted octanol–water partition coefficient (Wildman–Crippen LogP) is 3.03. The molecule has 2 aromatic heterocycles. The number of aryl methyl sites for hydroxylation is 1. The Labute approximate surface area is 170 Å². The van der Waals surface area contributed by atoms with Crippen LogP contribution in [0.1, 0.15) is 10.4 Å². The molecule has 0 aliphatic carbocycles. The summed E-state index contributed by atoms with van der Waals surface area (Å²) in [6.07, 6.45) is 0. The molecule has 0 saturated carbocycles. The molecule has 4 rings (SSSR count). The van der Waals surface area contributed by atoms with Crippen LogP contribution >= 0.6 is 11.8 Å². The molecule has 0 fully saturated rings. The van der Waals surface area contributed by atoms with Crippen LogP contribution in [0.25, 0.3) is 22.1 Å². The number of thioether (sulfide) groups is 1. The van der Waals surface area contributed by atoms with Crippen molar-refractivity contribution >= 4 is 51.4 Å². The minimum atomic E-state index is -0.424. The maximum Gasteiger partial charge on any atom is 0.337 e. The number of nitrogens with one attached hydrogen (secondary N) is 1. The lowest BCUT2D eigenvalue weighted by Crippen LogP contribution is -2.14. The molecule has 29 heavy (non-hydrogen) atoms. The smallest absolute Gasteiger partial charge is 0.337 e. The minimum absolute atomic E-state index is 0.135. The molecule has 2 aromatic carbocycles. The summed E-state index contributed by atoms with van der Waals surface area (Å²) in [5.41, 5.74) is 3.50. The zero-order chi connectivity index (χ0) is 20.4.